The Morgan fingerprint density at radius 3 is 2.11 bits per heavy atom. The van der Waals surface area contributed by atoms with Crippen molar-refractivity contribution in [2.24, 2.45) is 0 Å². The number of hydrogen-bond donors (Lipinski definition) is 2. The second kappa shape index (κ2) is 5.74. The lowest BCUT2D eigenvalue weighted by Gasteiger charge is -2.27. The van der Waals surface area contributed by atoms with Gasteiger partial charge in [-0.25, -0.2) is 0 Å². The molecule has 0 aliphatic heterocycles. The zero-order chi connectivity index (χ0) is 14.7. The number of aryl methyl sites for hydroxylation is 1. The first-order chi connectivity index (χ1) is 8.66. The van der Waals surface area contributed by atoms with E-state index in [1.54, 1.807) is 0 Å². The third kappa shape index (κ3) is 4.35. The quantitative estimate of drug-likeness (QED) is 0.857. The van der Waals surface area contributed by atoms with Gasteiger partial charge in [0.15, 0.2) is 0 Å². The van der Waals surface area contributed by atoms with E-state index in [0.717, 1.165) is 6.42 Å². The molecule has 1 rings (SSSR count). The van der Waals surface area contributed by atoms with Crippen LogP contribution in [0.3, 0.4) is 0 Å². The van der Waals surface area contributed by atoms with Crippen LogP contribution in [0.2, 0.25) is 0 Å². The molecule has 0 atom stereocenters. The molecule has 19 heavy (non-hydrogen) atoms. The van der Waals surface area contributed by atoms with Gasteiger partial charge < -0.3 is 10.4 Å². The highest BCUT2D eigenvalue weighted by Gasteiger charge is 2.27. The normalized spacial score (nSPS) is 12.3. The maximum atomic E-state index is 11.7. The first-order valence-corrected chi connectivity index (χ1v) is 6.77. The minimum absolute atomic E-state index is 0.160. The third-order valence-electron chi connectivity index (χ3n) is 3.39. The Labute approximate surface area is 116 Å². The molecule has 0 aromatic heterocycles. The summed E-state index contributed by atoms with van der Waals surface area (Å²) < 4.78 is 0. The molecule has 0 aliphatic rings. The van der Waals surface area contributed by atoms with Crippen LogP contribution in [0.15, 0.2) is 24.3 Å². The van der Waals surface area contributed by atoms with Gasteiger partial charge in [0.1, 0.15) is 5.60 Å². The standard InChI is InChI=1S/C16H25NO2/c1-6-12-7-9-13(10-8-12)15(2,3)11-17-14(18)16(4,5)19/h7-10,19H,6,11H2,1-5H3,(H,17,18). The van der Waals surface area contributed by atoms with Crippen molar-refractivity contribution >= 4 is 5.91 Å². The average molecular weight is 263 g/mol. The fourth-order valence-electron chi connectivity index (χ4n) is 1.81. The summed E-state index contributed by atoms with van der Waals surface area (Å²) in [5, 5.41) is 12.4. The highest BCUT2D eigenvalue weighted by Crippen LogP contribution is 2.23. The predicted octanol–water partition coefficient (Wildman–Crippen LogP) is 2.41. The number of benzene rings is 1. The van der Waals surface area contributed by atoms with Crippen molar-refractivity contribution in [3.8, 4) is 0 Å². The summed E-state index contributed by atoms with van der Waals surface area (Å²) >= 11 is 0. The highest BCUT2D eigenvalue weighted by atomic mass is 16.3. The number of carbonyl (C=O) groups excluding carboxylic acids is 1. The summed E-state index contributed by atoms with van der Waals surface area (Å²) in [4.78, 5) is 11.7. The molecular weight excluding hydrogens is 238 g/mol. The minimum atomic E-state index is -1.33. The maximum Gasteiger partial charge on any atom is 0.251 e. The van der Waals surface area contributed by atoms with Crippen LogP contribution in [0.4, 0.5) is 0 Å². The molecule has 0 saturated carbocycles. The van der Waals surface area contributed by atoms with Gasteiger partial charge in [-0.15, -0.1) is 0 Å². The minimum Gasteiger partial charge on any atom is -0.381 e. The van der Waals surface area contributed by atoms with Gasteiger partial charge in [0, 0.05) is 12.0 Å². The molecule has 0 spiro atoms. The van der Waals surface area contributed by atoms with Crippen LogP contribution >= 0.6 is 0 Å². The van der Waals surface area contributed by atoms with E-state index in [0.29, 0.717) is 6.54 Å². The van der Waals surface area contributed by atoms with Crippen molar-refractivity contribution in [3.05, 3.63) is 35.4 Å². The molecule has 0 heterocycles. The van der Waals surface area contributed by atoms with Crippen LogP contribution in [0, 0.1) is 0 Å². The van der Waals surface area contributed by atoms with Crippen LogP contribution < -0.4 is 5.32 Å². The van der Waals surface area contributed by atoms with Crippen LogP contribution in [0.25, 0.3) is 0 Å². The Balaban J connectivity index is 2.72. The number of aliphatic hydroxyl groups is 1. The number of hydrogen-bond acceptors (Lipinski definition) is 2. The number of rotatable bonds is 5. The first kappa shape index (κ1) is 15.7. The second-order valence-electron chi connectivity index (χ2n) is 6.18. The SMILES string of the molecule is CCc1ccc(C(C)(C)CNC(=O)C(C)(C)O)cc1. The van der Waals surface area contributed by atoms with Gasteiger partial charge >= 0.3 is 0 Å². The van der Waals surface area contributed by atoms with Gasteiger partial charge in [-0.3, -0.25) is 4.79 Å². The fourth-order valence-corrected chi connectivity index (χ4v) is 1.81. The Morgan fingerprint density at radius 2 is 1.68 bits per heavy atom. The molecule has 1 amide bonds. The first-order valence-electron chi connectivity index (χ1n) is 6.77. The summed E-state index contributed by atoms with van der Waals surface area (Å²) in [6.45, 7) is 9.78. The zero-order valence-corrected chi connectivity index (χ0v) is 12.6. The Bertz CT molecular complexity index is 427. The van der Waals surface area contributed by atoms with Gasteiger partial charge in [0.2, 0.25) is 0 Å². The van der Waals surface area contributed by atoms with E-state index in [9.17, 15) is 9.90 Å². The fraction of sp³-hybridized carbons (Fsp3) is 0.562. The molecular formula is C16H25NO2. The van der Waals surface area contributed by atoms with Gasteiger partial charge in [0.05, 0.1) is 0 Å². The van der Waals surface area contributed by atoms with Crippen molar-refractivity contribution in [1.82, 2.24) is 5.32 Å². The molecule has 2 N–H and O–H groups in total. The number of amides is 1. The highest BCUT2D eigenvalue weighted by molar-refractivity contribution is 5.83. The molecule has 0 bridgehead atoms. The van der Waals surface area contributed by atoms with Gasteiger partial charge in [-0.05, 0) is 31.4 Å². The summed E-state index contributed by atoms with van der Waals surface area (Å²) in [5.41, 5.74) is 0.996. The maximum absolute atomic E-state index is 11.7. The van der Waals surface area contributed by atoms with E-state index in [4.69, 9.17) is 0 Å². The average Bonchev–Trinajstić information content (AvgIpc) is 2.35. The van der Waals surface area contributed by atoms with Crippen molar-refractivity contribution in [1.29, 1.82) is 0 Å². The largest absolute Gasteiger partial charge is 0.381 e. The molecule has 0 saturated heterocycles. The Morgan fingerprint density at radius 1 is 1.16 bits per heavy atom. The predicted molar refractivity (Wildman–Crippen MR) is 78.2 cm³/mol. The smallest absolute Gasteiger partial charge is 0.251 e. The molecule has 0 fully saturated rings. The summed E-state index contributed by atoms with van der Waals surface area (Å²) in [7, 11) is 0. The molecule has 1 aromatic rings. The number of carbonyl (C=O) groups is 1. The van der Waals surface area contributed by atoms with Crippen molar-refractivity contribution in [2.75, 3.05) is 6.54 Å². The van der Waals surface area contributed by atoms with Crippen LogP contribution in [0.1, 0.15) is 45.7 Å². The van der Waals surface area contributed by atoms with Gasteiger partial charge in [-0.2, -0.15) is 0 Å². The van der Waals surface area contributed by atoms with Crippen molar-refractivity contribution < 1.29 is 9.90 Å². The van der Waals surface area contributed by atoms with Crippen LogP contribution in [-0.2, 0) is 16.6 Å². The molecule has 0 radical (unpaired) electrons. The number of nitrogens with one attached hydrogen (secondary N) is 1. The van der Waals surface area contributed by atoms with E-state index >= 15 is 0 Å². The molecule has 0 aliphatic carbocycles. The zero-order valence-electron chi connectivity index (χ0n) is 12.6. The third-order valence-corrected chi connectivity index (χ3v) is 3.39. The van der Waals surface area contributed by atoms with E-state index < -0.39 is 5.60 Å². The van der Waals surface area contributed by atoms with Crippen LogP contribution in [0.5, 0.6) is 0 Å². The topological polar surface area (TPSA) is 49.3 Å². The summed E-state index contributed by atoms with van der Waals surface area (Å²) in [6, 6.07) is 8.45. The van der Waals surface area contributed by atoms with Crippen molar-refractivity contribution in [2.45, 2.75) is 52.1 Å². The second-order valence-corrected chi connectivity index (χ2v) is 6.18. The monoisotopic (exact) mass is 263 g/mol. The Hall–Kier alpha value is -1.35. The molecule has 0 unspecified atom stereocenters. The van der Waals surface area contributed by atoms with E-state index in [2.05, 4.69) is 50.4 Å². The van der Waals surface area contributed by atoms with Crippen LogP contribution in [-0.4, -0.2) is 23.2 Å². The van der Waals surface area contributed by atoms with E-state index in [1.165, 1.54) is 25.0 Å². The Kier molecular flexibility index (Phi) is 4.75. The van der Waals surface area contributed by atoms with Gasteiger partial charge in [0.25, 0.3) is 5.91 Å². The van der Waals surface area contributed by atoms with E-state index in [-0.39, 0.29) is 11.3 Å². The molecule has 106 valence electrons. The van der Waals surface area contributed by atoms with E-state index in [1.807, 2.05) is 0 Å². The molecule has 3 heteroatoms. The summed E-state index contributed by atoms with van der Waals surface area (Å²) in [6.07, 6.45) is 1.02. The van der Waals surface area contributed by atoms with Gasteiger partial charge in [-0.1, -0.05) is 45.0 Å². The lowest BCUT2D eigenvalue weighted by Crippen LogP contribution is -2.46. The lowest BCUT2D eigenvalue weighted by atomic mass is 9.84. The van der Waals surface area contributed by atoms with Crippen molar-refractivity contribution in [3.63, 3.8) is 0 Å². The summed E-state index contributed by atoms with van der Waals surface area (Å²) in [5.74, 6) is -0.342. The molecule has 3 nitrogen and oxygen atoms in total. The molecule has 1 aromatic carbocycles. The lowest BCUT2D eigenvalue weighted by molar-refractivity contribution is -0.136.